The van der Waals surface area contributed by atoms with Gasteiger partial charge in [0.15, 0.2) is 0 Å². The molecular formula is C24H24O6S. The molecule has 0 spiro atoms. The Hall–Kier alpha value is -3.32. The van der Waals surface area contributed by atoms with Gasteiger partial charge >= 0.3 is 5.97 Å². The summed E-state index contributed by atoms with van der Waals surface area (Å²) in [5.74, 6) is -0.0787. The lowest BCUT2D eigenvalue weighted by Crippen LogP contribution is -2.07. The average molecular weight is 441 g/mol. The molecule has 6 nitrogen and oxygen atoms in total. The van der Waals surface area contributed by atoms with Gasteiger partial charge in [0.25, 0.3) is 0 Å². The summed E-state index contributed by atoms with van der Waals surface area (Å²) in [5, 5.41) is 9.15. The highest BCUT2D eigenvalue weighted by atomic mass is 32.2. The van der Waals surface area contributed by atoms with Crippen molar-refractivity contribution in [1.82, 2.24) is 0 Å². The Kier molecular flexibility index (Phi) is 6.97. The van der Waals surface area contributed by atoms with Crippen LogP contribution < -0.4 is 9.47 Å². The normalized spacial score (nSPS) is 11.2. The molecule has 0 unspecified atom stereocenters. The van der Waals surface area contributed by atoms with Crippen molar-refractivity contribution >= 4 is 15.8 Å². The quantitative estimate of drug-likeness (QED) is 0.523. The van der Waals surface area contributed by atoms with Crippen molar-refractivity contribution < 1.29 is 27.8 Å². The SMILES string of the molecule is CCCOc1cc(CC(=O)O)cc(S(=O)(=O)c2cccc(-c3ccccc3OC)c2)c1. The van der Waals surface area contributed by atoms with Gasteiger partial charge in [0.05, 0.1) is 29.9 Å². The number of ether oxygens (including phenoxy) is 2. The van der Waals surface area contributed by atoms with Gasteiger partial charge in [0.1, 0.15) is 11.5 Å². The number of hydrogen-bond acceptors (Lipinski definition) is 5. The second-order valence-electron chi connectivity index (χ2n) is 6.96. The summed E-state index contributed by atoms with van der Waals surface area (Å²) in [6, 6.07) is 18.3. The Morgan fingerprint density at radius 2 is 1.74 bits per heavy atom. The molecule has 0 aliphatic carbocycles. The van der Waals surface area contributed by atoms with Crippen LogP contribution in [0.5, 0.6) is 11.5 Å². The lowest BCUT2D eigenvalue weighted by molar-refractivity contribution is -0.136. The highest BCUT2D eigenvalue weighted by Gasteiger charge is 2.21. The molecule has 0 aliphatic rings. The van der Waals surface area contributed by atoms with Gasteiger partial charge in [-0.2, -0.15) is 0 Å². The third-order valence-corrected chi connectivity index (χ3v) is 6.37. The highest BCUT2D eigenvalue weighted by molar-refractivity contribution is 7.91. The molecule has 0 heterocycles. The Morgan fingerprint density at radius 1 is 0.968 bits per heavy atom. The summed E-state index contributed by atoms with van der Waals surface area (Å²) in [5.41, 5.74) is 1.83. The van der Waals surface area contributed by atoms with Gasteiger partial charge in [0, 0.05) is 5.56 Å². The van der Waals surface area contributed by atoms with Crippen molar-refractivity contribution in [2.24, 2.45) is 0 Å². The van der Waals surface area contributed by atoms with Crippen LogP contribution in [-0.4, -0.2) is 33.2 Å². The number of aliphatic carboxylic acids is 1. The minimum Gasteiger partial charge on any atom is -0.496 e. The van der Waals surface area contributed by atoms with Crippen LogP contribution >= 0.6 is 0 Å². The summed E-state index contributed by atoms with van der Waals surface area (Å²) >= 11 is 0. The van der Waals surface area contributed by atoms with Crippen molar-refractivity contribution in [3.8, 4) is 22.6 Å². The van der Waals surface area contributed by atoms with E-state index >= 15 is 0 Å². The molecule has 3 aromatic rings. The third-order valence-electron chi connectivity index (χ3n) is 4.64. The van der Waals surface area contributed by atoms with E-state index in [1.807, 2.05) is 37.3 Å². The lowest BCUT2D eigenvalue weighted by Gasteiger charge is -2.13. The fourth-order valence-corrected chi connectivity index (χ4v) is 4.61. The summed E-state index contributed by atoms with van der Waals surface area (Å²) in [6.07, 6.45) is 0.444. The van der Waals surface area contributed by atoms with Crippen LogP contribution in [0.1, 0.15) is 18.9 Å². The van der Waals surface area contributed by atoms with Crippen molar-refractivity contribution in [3.05, 3.63) is 72.3 Å². The van der Waals surface area contributed by atoms with E-state index in [0.717, 1.165) is 12.0 Å². The third kappa shape index (κ3) is 5.24. The van der Waals surface area contributed by atoms with E-state index in [9.17, 15) is 13.2 Å². The number of rotatable bonds is 9. The number of hydrogen-bond donors (Lipinski definition) is 1. The molecule has 0 radical (unpaired) electrons. The van der Waals surface area contributed by atoms with Crippen molar-refractivity contribution in [2.45, 2.75) is 29.6 Å². The van der Waals surface area contributed by atoms with Crippen molar-refractivity contribution in [3.63, 3.8) is 0 Å². The molecule has 0 fully saturated rings. The number of carboxylic acid groups (broad SMARTS) is 1. The molecule has 0 aliphatic heterocycles. The zero-order chi connectivity index (χ0) is 22.4. The number of carbonyl (C=O) groups is 1. The number of para-hydroxylation sites is 1. The van der Waals surface area contributed by atoms with Crippen LogP contribution in [0, 0.1) is 0 Å². The van der Waals surface area contributed by atoms with Gasteiger partial charge in [-0.1, -0.05) is 37.3 Å². The van der Waals surface area contributed by atoms with Crippen LogP contribution in [0.2, 0.25) is 0 Å². The highest BCUT2D eigenvalue weighted by Crippen LogP contribution is 2.33. The number of carboxylic acids is 1. The van der Waals surface area contributed by atoms with Crippen LogP contribution in [0.4, 0.5) is 0 Å². The molecule has 0 atom stereocenters. The second-order valence-corrected chi connectivity index (χ2v) is 8.91. The summed E-state index contributed by atoms with van der Waals surface area (Å²) in [4.78, 5) is 11.3. The van der Waals surface area contributed by atoms with E-state index in [4.69, 9.17) is 14.6 Å². The minimum absolute atomic E-state index is 0.00507. The van der Waals surface area contributed by atoms with Crippen molar-refractivity contribution in [2.75, 3.05) is 13.7 Å². The van der Waals surface area contributed by atoms with E-state index in [0.29, 0.717) is 29.2 Å². The zero-order valence-corrected chi connectivity index (χ0v) is 18.2. The molecule has 0 saturated heterocycles. The fourth-order valence-electron chi connectivity index (χ4n) is 3.22. The summed E-state index contributed by atoms with van der Waals surface area (Å²) < 4.78 is 37.8. The number of sulfone groups is 1. The van der Waals surface area contributed by atoms with E-state index in [2.05, 4.69) is 0 Å². The van der Waals surface area contributed by atoms with E-state index in [1.165, 1.54) is 18.2 Å². The molecule has 7 heteroatoms. The average Bonchev–Trinajstić information content (AvgIpc) is 2.77. The minimum atomic E-state index is -3.91. The van der Waals surface area contributed by atoms with Crippen molar-refractivity contribution in [1.29, 1.82) is 0 Å². The topological polar surface area (TPSA) is 89.9 Å². The zero-order valence-electron chi connectivity index (χ0n) is 17.4. The smallest absolute Gasteiger partial charge is 0.307 e. The molecule has 162 valence electrons. The number of benzene rings is 3. The Bertz CT molecular complexity index is 1180. The molecule has 0 bridgehead atoms. The van der Waals surface area contributed by atoms with Gasteiger partial charge in [-0.05, 0) is 53.9 Å². The van der Waals surface area contributed by atoms with Gasteiger partial charge in [0.2, 0.25) is 9.84 Å². The predicted molar refractivity (Wildman–Crippen MR) is 117 cm³/mol. The molecule has 0 saturated carbocycles. The van der Waals surface area contributed by atoms with Gasteiger partial charge in [-0.3, -0.25) is 4.79 Å². The summed E-state index contributed by atoms with van der Waals surface area (Å²) in [6.45, 7) is 2.33. The lowest BCUT2D eigenvalue weighted by atomic mass is 10.1. The van der Waals surface area contributed by atoms with Crippen LogP contribution in [-0.2, 0) is 21.1 Å². The Morgan fingerprint density at radius 3 is 2.45 bits per heavy atom. The maximum atomic E-state index is 13.4. The predicted octanol–water partition coefficient (Wildman–Crippen LogP) is 4.61. The standard InChI is InChI=1S/C24H24O6S/c1-3-11-30-19-12-17(14-24(25)26)13-21(16-19)31(27,28)20-8-6-7-18(15-20)22-9-4-5-10-23(22)29-2/h4-10,12-13,15-16H,3,11,14H2,1-2H3,(H,25,26). The largest absolute Gasteiger partial charge is 0.496 e. The van der Waals surface area contributed by atoms with Crippen LogP contribution in [0.25, 0.3) is 11.1 Å². The maximum absolute atomic E-state index is 13.4. The van der Waals surface area contributed by atoms with E-state index in [-0.39, 0.29) is 16.2 Å². The molecule has 0 aromatic heterocycles. The van der Waals surface area contributed by atoms with Gasteiger partial charge < -0.3 is 14.6 Å². The fraction of sp³-hybridized carbons (Fsp3) is 0.208. The maximum Gasteiger partial charge on any atom is 0.307 e. The molecule has 1 N–H and O–H groups in total. The molecule has 31 heavy (non-hydrogen) atoms. The van der Waals surface area contributed by atoms with E-state index in [1.54, 1.807) is 25.3 Å². The molecular weight excluding hydrogens is 416 g/mol. The number of methoxy groups -OCH3 is 1. The summed E-state index contributed by atoms with van der Waals surface area (Å²) in [7, 11) is -2.35. The van der Waals surface area contributed by atoms with E-state index < -0.39 is 15.8 Å². The van der Waals surface area contributed by atoms with Gasteiger partial charge in [-0.15, -0.1) is 0 Å². The Labute approximate surface area is 182 Å². The first-order valence-electron chi connectivity index (χ1n) is 9.82. The molecule has 3 aromatic carbocycles. The first-order valence-corrected chi connectivity index (χ1v) is 11.3. The van der Waals surface area contributed by atoms with Crippen LogP contribution in [0.3, 0.4) is 0 Å². The Balaban J connectivity index is 2.08. The molecule has 0 amide bonds. The molecule has 3 rings (SSSR count). The first-order chi connectivity index (χ1) is 14.8. The monoisotopic (exact) mass is 440 g/mol. The van der Waals surface area contributed by atoms with Crippen LogP contribution in [0.15, 0.2) is 76.5 Å². The first kappa shape index (κ1) is 22.4. The van der Waals surface area contributed by atoms with Gasteiger partial charge in [-0.25, -0.2) is 8.42 Å². The second kappa shape index (κ2) is 9.66.